The first-order valence-electron chi connectivity index (χ1n) is 6.09. The van der Waals surface area contributed by atoms with E-state index in [1.807, 2.05) is 6.26 Å². The zero-order valence-electron chi connectivity index (χ0n) is 10.4. The summed E-state index contributed by atoms with van der Waals surface area (Å²) in [4.78, 5) is 23.0. The number of carbonyl (C=O) groups is 2. The molecule has 1 amide bonds. The van der Waals surface area contributed by atoms with Gasteiger partial charge in [0.25, 0.3) is 0 Å². The summed E-state index contributed by atoms with van der Waals surface area (Å²) in [6.45, 7) is 2.68. The number of aliphatic carboxylic acids is 1. The molecule has 0 bridgehead atoms. The van der Waals surface area contributed by atoms with Crippen LogP contribution < -0.4 is 5.32 Å². The van der Waals surface area contributed by atoms with Crippen LogP contribution in [0.1, 0.15) is 26.2 Å². The van der Waals surface area contributed by atoms with E-state index in [1.165, 1.54) is 0 Å². The van der Waals surface area contributed by atoms with Crippen molar-refractivity contribution in [1.82, 2.24) is 5.32 Å². The van der Waals surface area contributed by atoms with E-state index in [-0.39, 0.29) is 11.8 Å². The molecular formula is C12H21NO3S. The van der Waals surface area contributed by atoms with Crippen LogP contribution in [-0.4, -0.2) is 35.5 Å². The Morgan fingerprint density at radius 3 is 2.53 bits per heavy atom. The fourth-order valence-electron chi connectivity index (χ4n) is 2.45. The summed E-state index contributed by atoms with van der Waals surface area (Å²) < 4.78 is 0. The lowest BCUT2D eigenvalue weighted by Gasteiger charge is -2.15. The number of nitrogens with one attached hydrogen (secondary N) is 1. The number of carboxylic acids is 1. The zero-order chi connectivity index (χ0) is 12.8. The Morgan fingerprint density at radius 1 is 1.35 bits per heavy atom. The molecule has 0 aromatic carbocycles. The van der Waals surface area contributed by atoms with Crippen molar-refractivity contribution in [2.24, 2.45) is 17.8 Å². The molecule has 0 aliphatic heterocycles. The molecule has 4 nitrogen and oxygen atoms in total. The molecule has 0 saturated heterocycles. The maximum absolute atomic E-state index is 11.9. The lowest BCUT2D eigenvalue weighted by Crippen LogP contribution is -2.36. The number of thioether (sulfide) groups is 1. The molecule has 0 spiro atoms. The van der Waals surface area contributed by atoms with Crippen molar-refractivity contribution in [2.45, 2.75) is 26.2 Å². The van der Waals surface area contributed by atoms with Crippen LogP contribution in [0.4, 0.5) is 0 Å². The van der Waals surface area contributed by atoms with E-state index in [4.69, 9.17) is 5.11 Å². The highest BCUT2D eigenvalue weighted by Gasteiger charge is 2.41. The van der Waals surface area contributed by atoms with Crippen LogP contribution in [0.3, 0.4) is 0 Å². The topological polar surface area (TPSA) is 66.4 Å². The van der Waals surface area contributed by atoms with Gasteiger partial charge in [-0.15, -0.1) is 0 Å². The Balaban J connectivity index is 2.54. The normalized spacial score (nSPS) is 28.0. The summed E-state index contributed by atoms with van der Waals surface area (Å²) in [6.07, 6.45) is 4.30. The molecule has 98 valence electrons. The minimum atomic E-state index is -0.828. The zero-order valence-corrected chi connectivity index (χ0v) is 11.3. The number of hydrogen-bond donors (Lipinski definition) is 2. The van der Waals surface area contributed by atoms with Crippen LogP contribution in [-0.2, 0) is 9.59 Å². The van der Waals surface area contributed by atoms with Gasteiger partial charge in [0.05, 0.1) is 11.8 Å². The molecule has 0 aromatic rings. The lowest BCUT2D eigenvalue weighted by molar-refractivity contribution is -0.146. The number of carbonyl (C=O) groups excluding carboxylic acids is 1. The predicted molar refractivity (Wildman–Crippen MR) is 69.0 cm³/mol. The summed E-state index contributed by atoms with van der Waals surface area (Å²) >= 11 is 1.67. The van der Waals surface area contributed by atoms with Crippen molar-refractivity contribution >= 4 is 23.6 Å². The fourth-order valence-corrected chi connectivity index (χ4v) is 2.75. The quantitative estimate of drug-likeness (QED) is 0.711. The van der Waals surface area contributed by atoms with E-state index in [0.29, 0.717) is 18.9 Å². The Labute approximate surface area is 107 Å². The Bertz CT molecular complexity index is 283. The van der Waals surface area contributed by atoms with E-state index in [0.717, 1.165) is 18.6 Å². The molecule has 2 N–H and O–H groups in total. The van der Waals surface area contributed by atoms with Gasteiger partial charge < -0.3 is 10.4 Å². The van der Waals surface area contributed by atoms with Crippen molar-refractivity contribution in [2.75, 3.05) is 18.6 Å². The molecule has 3 atom stereocenters. The molecule has 1 rings (SSSR count). The van der Waals surface area contributed by atoms with Crippen molar-refractivity contribution in [3.05, 3.63) is 0 Å². The highest BCUT2D eigenvalue weighted by Crippen LogP contribution is 2.38. The van der Waals surface area contributed by atoms with Gasteiger partial charge in [0.1, 0.15) is 0 Å². The second-order valence-corrected chi connectivity index (χ2v) is 5.57. The maximum Gasteiger partial charge on any atom is 0.307 e. The van der Waals surface area contributed by atoms with Gasteiger partial charge in [0.2, 0.25) is 5.91 Å². The summed E-state index contributed by atoms with van der Waals surface area (Å²) in [5, 5.41) is 12.0. The van der Waals surface area contributed by atoms with Gasteiger partial charge in [-0.25, -0.2) is 0 Å². The molecule has 1 fully saturated rings. The van der Waals surface area contributed by atoms with Gasteiger partial charge in [-0.3, -0.25) is 9.59 Å². The average Bonchev–Trinajstić information content (AvgIpc) is 2.73. The summed E-state index contributed by atoms with van der Waals surface area (Å²) in [5.74, 6) is -0.484. The molecule has 1 saturated carbocycles. The molecule has 1 aliphatic carbocycles. The smallest absolute Gasteiger partial charge is 0.307 e. The average molecular weight is 259 g/mol. The van der Waals surface area contributed by atoms with Crippen molar-refractivity contribution in [1.29, 1.82) is 0 Å². The molecule has 3 unspecified atom stereocenters. The van der Waals surface area contributed by atoms with E-state index >= 15 is 0 Å². The number of hydrogen-bond acceptors (Lipinski definition) is 3. The Morgan fingerprint density at radius 2 is 2.00 bits per heavy atom. The van der Waals surface area contributed by atoms with Crippen LogP contribution in [0.25, 0.3) is 0 Å². The minimum absolute atomic E-state index is 0.0811. The van der Waals surface area contributed by atoms with Crippen molar-refractivity contribution in [3.63, 3.8) is 0 Å². The van der Waals surface area contributed by atoms with E-state index in [9.17, 15) is 9.59 Å². The maximum atomic E-state index is 11.9. The summed E-state index contributed by atoms with van der Waals surface area (Å²) in [5.41, 5.74) is 0. The predicted octanol–water partition coefficient (Wildman–Crippen LogP) is 1.60. The highest BCUT2D eigenvalue weighted by atomic mass is 32.2. The van der Waals surface area contributed by atoms with Crippen LogP contribution in [0.5, 0.6) is 0 Å². The van der Waals surface area contributed by atoms with Crippen molar-refractivity contribution in [3.8, 4) is 0 Å². The Kier molecular flexibility index (Phi) is 5.82. The molecular weight excluding hydrogens is 238 g/mol. The first-order valence-corrected chi connectivity index (χ1v) is 7.49. The lowest BCUT2D eigenvalue weighted by atomic mass is 9.95. The van der Waals surface area contributed by atoms with Gasteiger partial charge in [-0.05, 0) is 25.0 Å². The van der Waals surface area contributed by atoms with Gasteiger partial charge in [-0.2, -0.15) is 11.8 Å². The van der Waals surface area contributed by atoms with Crippen LogP contribution in [0, 0.1) is 17.8 Å². The summed E-state index contributed by atoms with van der Waals surface area (Å²) in [7, 11) is 0. The second-order valence-electron chi connectivity index (χ2n) is 4.58. The molecule has 1 aliphatic rings. The van der Waals surface area contributed by atoms with E-state index in [2.05, 4.69) is 12.2 Å². The van der Waals surface area contributed by atoms with Gasteiger partial charge in [-0.1, -0.05) is 13.3 Å². The first kappa shape index (κ1) is 14.4. The standard InChI is InChI=1S/C12H21NO3S/c1-3-8-6-9(10(7-8)12(15)16)11(14)13-4-5-17-2/h8-10H,3-7H2,1-2H3,(H,13,14)(H,15,16). The number of carboxylic acid groups (broad SMARTS) is 1. The van der Waals surface area contributed by atoms with Crippen LogP contribution in [0.15, 0.2) is 0 Å². The molecule has 0 heterocycles. The van der Waals surface area contributed by atoms with E-state index < -0.39 is 11.9 Å². The first-order chi connectivity index (χ1) is 8.10. The number of amides is 1. The molecule has 5 heteroatoms. The largest absolute Gasteiger partial charge is 0.481 e. The number of rotatable bonds is 6. The van der Waals surface area contributed by atoms with Gasteiger partial charge in [0.15, 0.2) is 0 Å². The fraction of sp³-hybridized carbons (Fsp3) is 0.833. The third-order valence-electron chi connectivity index (χ3n) is 3.50. The second kappa shape index (κ2) is 6.89. The Hall–Kier alpha value is -0.710. The monoisotopic (exact) mass is 259 g/mol. The third kappa shape index (κ3) is 3.91. The molecule has 17 heavy (non-hydrogen) atoms. The van der Waals surface area contributed by atoms with E-state index in [1.54, 1.807) is 11.8 Å². The SMILES string of the molecule is CCC1CC(C(=O)O)C(C(=O)NCCSC)C1. The van der Waals surface area contributed by atoms with Crippen molar-refractivity contribution < 1.29 is 14.7 Å². The van der Waals surface area contributed by atoms with Gasteiger partial charge in [0, 0.05) is 12.3 Å². The molecule has 0 aromatic heterocycles. The van der Waals surface area contributed by atoms with Gasteiger partial charge >= 0.3 is 5.97 Å². The van der Waals surface area contributed by atoms with Crippen LogP contribution in [0.2, 0.25) is 0 Å². The summed E-state index contributed by atoms with van der Waals surface area (Å²) in [6, 6.07) is 0. The molecule has 0 radical (unpaired) electrons. The highest BCUT2D eigenvalue weighted by molar-refractivity contribution is 7.98. The minimum Gasteiger partial charge on any atom is -0.481 e. The van der Waals surface area contributed by atoms with Crippen LogP contribution >= 0.6 is 11.8 Å². The third-order valence-corrected chi connectivity index (χ3v) is 4.11.